The Morgan fingerprint density at radius 3 is 2.94 bits per heavy atom. The molecular formula is C11H20N2O4. The monoisotopic (exact) mass is 244 g/mol. The third kappa shape index (κ3) is 4.70. The predicted molar refractivity (Wildman–Crippen MR) is 61.4 cm³/mol. The van der Waals surface area contributed by atoms with E-state index in [0.717, 1.165) is 0 Å². The number of esters is 1. The van der Waals surface area contributed by atoms with Crippen LogP contribution in [-0.4, -0.2) is 50.8 Å². The molecule has 17 heavy (non-hydrogen) atoms. The molecule has 0 aromatic carbocycles. The van der Waals surface area contributed by atoms with E-state index in [1.165, 1.54) is 0 Å². The summed E-state index contributed by atoms with van der Waals surface area (Å²) < 4.78 is 10.0. The van der Waals surface area contributed by atoms with Crippen LogP contribution in [0.5, 0.6) is 0 Å². The molecule has 1 heterocycles. The molecule has 0 aliphatic carbocycles. The van der Waals surface area contributed by atoms with Crippen LogP contribution in [0.1, 0.15) is 13.8 Å². The lowest BCUT2D eigenvalue weighted by Crippen LogP contribution is -2.52. The van der Waals surface area contributed by atoms with Gasteiger partial charge in [-0.2, -0.15) is 0 Å². The molecule has 1 aliphatic rings. The van der Waals surface area contributed by atoms with Crippen molar-refractivity contribution >= 4 is 11.9 Å². The van der Waals surface area contributed by atoms with E-state index < -0.39 is 0 Å². The zero-order valence-electron chi connectivity index (χ0n) is 10.3. The van der Waals surface area contributed by atoms with E-state index in [1.54, 1.807) is 13.8 Å². The van der Waals surface area contributed by atoms with Gasteiger partial charge in [-0.3, -0.25) is 9.59 Å². The van der Waals surface area contributed by atoms with Gasteiger partial charge in [-0.15, -0.1) is 0 Å². The standard InChI is InChI=1S/C11H20N2O4/c1-3-17-11(15)8(2)6-13-10(14)9-7-16-5-4-12-9/h8-9,12H,3-7H2,1-2H3,(H,13,14). The molecule has 2 N–H and O–H groups in total. The summed E-state index contributed by atoms with van der Waals surface area (Å²) >= 11 is 0. The maximum absolute atomic E-state index is 11.7. The van der Waals surface area contributed by atoms with Gasteiger partial charge in [0.15, 0.2) is 0 Å². The minimum atomic E-state index is -0.330. The summed E-state index contributed by atoms with van der Waals surface area (Å²) in [4.78, 5) is 23.0. The average Bonchev–Trinajstić information content (AvgIpc) is 2.36. The van der Waals surface area contributed by atoms with Crippen molar-refractivity contribution in [3.8, 4) is 0 Å². The fourth-order valence-corrected chi connectivity index (χ4v) is 1.48. The van der Waals surface area contributed by atoms with Crippen molar-refractivity contribution in [1.82, 2.24) is 10.6 Å². The third-order valence-electron chi connectivity index (χ3n) is 2.51. The molecule has 0 spiro atoms. The first-order valence-corrected chi connectivity index (χ1v) is 5.90. The number of nitrogens with one attached hydrogen (secondary N) is 2. The molecule has 6 heteroatoms. The van der Waals surface area contributed by atoms with E-state index in [0.29, 0.717) is 26.4 Å². The molecule has 2 atom stereocenters. The van der Waals surface area contributed by atoms with Crippen LogP contribution in [-0.2, 0) is 19.1 Å². The minimum absolute atomic E-state index is 0.138. The number of carbonyl (C=O) groups is 2. The summed E-state index contributed by atoms with van der Waals surface area (Å²) in [5.74, 6) is -0.759. The fraction of sp³-hybridized carbons (Fsp3) is 0.818. The van der Waals surface area contributed by atoms with Gasteiger partial charge < -0.3 is 20.1 Å². The highest BCUT2D eigenvalue weighted by Gasteiger charge is 2.22. The van der Waals surface area contributed by atoms with Crippen molar-refractivity contribution in [2.75, 3.05) is 32.9 Å². The van der Waals surface area contributed by atoms with E-state index in [9.17, 15) is 9.59 Å². The van der Waals surface area contributed by atoms with Crippen molar-refractivity contribution in [2.24, 2.45) is 5.92 Å². The number of hydrogen-bond donors (Lipinski definition) is 2. The lowest BCUT2D eigenvalue weighted by Gasteiger charge is -2.23. The van der Waals surface area contributed by atoms with Crippen LogP contribution in [0.15, 0.2) is 0 Å². The van der Waals surface area contributed by atoms with Gasteiger partial charge in [0.2, 0.25) is 5.91 Å². The number of rotatable bonds is 5. The normalized spacial score (nSPS) is 21.6. The van der Waals surface area contributed by atoms with Crippen molar-refractivity contribution < 1.29 is 19.1 Å². The molecule has 1 aliphatic heterocycles. The molecule has 1 rings (SSSR count). The first-order valence-electron chi connectivity index (χ1n) is 5.90. The number of morpholine rings is 1. The Balaban J connectivity index is 2.24. The van der Waals surface area contributed by atoms with Crippen molar-refractivity contribution in [1.29, 1.82) is 0 Å². The molecule has 0 radical (unpaired) electrons. The summed E-state index contributed by atoms with van der Waals surface area (Å²) in [6.45, 7) is 5.80. The summed E-state index contributed by atoms with van der Waals surface area (Å²) in [6, 6.07) is -0.321. The van der Waals surface area contributed by atoms with Crippen LogP contribution in [0.25, 0.3) is 0 Å². The van der Waals surface area contributed by atoms with Gasteiger partial charge in [0.25, 0.3) is 0 Å². The smallest absolute Gasteiger partial charge is 0.310 e. The molecule has 2 unspecified atom stereocenters. The highest BCUT2D eigenvalue weighted by Crippen LogP contribution is 1.98. The van der Waals surface area contributed by atoms with E-state index in [1.807, 2.05) is 0 Å². The average molecular weight is 244 g/mol. The van der Waals surface area contributed by atoms with Crippen molar-refractivity contribution in [3.63, 3.8) is 0 Å². The zero-order valence-corrected chi connectivity index (χ0v) is 10.3. The van der Waals surface area contributed by atoms with Crippen LogP contribution in [0, 0.1) is 5.92 Å². The maximum atomic E-state index is 11.7. The first kappa shape index (κ1) is 13.9. The lowest BCUT2D eigenvalue weighted by atomic mass is 10.1. The van der Waals surface area contributed by atoms with Crippen LogP contribution < -0.4 is 10.6 Å². The fourth-order valence-electron chi connectivity index (χ4n) is 1.48. The van der Waals surface area contributed by atoms with Gasteiger partial charge in [0, 0.05) is 13.1 Å². The Morgan fingerprint density at radius 1 is 1.59 bits per heavy atom. The summed E-state index contributed by atoms with van der Waals surface area (Å²) in [5, 5.41) is 5.75. The van der Waals surface area contributed by atoms with Gasteiger partial charge in [0.1, 0.15) is 6.04 Å². The molecule has 0 saturated carbocycles. The highest BCUT2D eigenvalue weighted by molar-refractivity contribution is 5.82. The molecule has 0 bridgehead atoms. The Labute approximate surface area is 101 Å². The molecule has 1 amide bonds. The molecule has 6 nitrogen and oxygen atoms in total. The Morgan fingerprint density at radius 2 is 2.35 bits per heavy atom. The molecule has 1 saturated heterocycles. The van der Waals surface area contributed by atoms with Gasteiger partial charge in [-0.1, -0.05) is 6.92 Å². The van der Waals surface area contributed by atoms with Gasteiger partial charge in [0.05, 0.1) is 25.7 Å². The van der Waals surface area contributed by atoms with E-state index >= 15 is 0 Å². The minimum Gasteiger partial charge on any atom is -0.466 e. The van der Waals surface area contributed by atoms with E-state index in [-0.39, 0.29) is 30.4 Å². The number of ether oxygens (including phenoxy) is 2. The summed E-state index contributed by atoms with van der Waals surface area (Å²) in [7, 11) is 0. The van der Waals surface area contributed by atoms with Crippen LogP contribution in [0.2, 0.25) is 0 Å². The van der Waals surface area contributed by atoms with Crippen LogP contribution >= 0.6 is 0 Å². The second kappa shape index (κ2) is 7.24. The number of amides is 1. The molecule has 0 aromatic heterocycles. The maximum Gasteiger partial charge on any atom is 0.310 e. The highest BCUT2D eigenvalue weighted by atomic mass is 16.5. The van der Waals surface area contributed by atoms with Gasteiger partial charge in [-0.05, 0) is 6.92 Å². The van der Waals surface area contributed by atoms with E-state index in [4.69, 9.17) is 9.47 Å². The van der Waals surface area contributed by atoms with E-state index in [2.05, 4.69) is 10.6 Å². The Bertz CT molecular complexity index is 264. The predicted octanol–water partition coefficient (Wildman–Crippen LogP) is -0.710. The van der Waals surface area contributed by atoms with Crippen molar-refractivity contribution in [2.45, 2.75) is 19.9 Å². The largest absolute Gasteiger partial charge is 0.466 e. The first-order chi connectivity index (χ1) is 8.15. The molecular weight excluding hydrogens is 224 g/mol. The summed E-state index contributed by atoms with van der Waals surface area (Å²) in [6.07, 6.45) is 0. The van der Waals surface area contributed by atoms with Gasteiger partial charge in [-0.25, -0.2) is 0 Å². The zero-order chi connectivity index (χ0) is 12.7. The van der Waals surface area contributed by atoms with Crippen LogP contribution in [0.4, 0.5) is 0 Å². The second-order valence-electron chi connectivity index (χ2n) is 3.98. The Kier molecular flexibility index (Phi) is 5.93. The van der Waals surface area contributed by atoms with Gasteiger partial charge >= 0.3 is 5.97 Å². The third-order valence-corrected chi connectivity index (χ3v) is 2.51. The van der Waals surface area contributed by atoms with Crippen molar-refractivity contribution in [3.05, 3.63) is 0 Å². The number of hydrogen-bond acceptors (Lipinski definition) is 5. The lowest BCUT2D eigenvalue weighted by molar-refractivity contribution is -0.147. The second-order valence-corrected chi connectivity index (χ2v) is 3.98. The molecule has 1 fully saturated rings. The Hall–Kier alpha value is -1.14. The SMILES string of the molecule is CCOC(=O)C(C)CNC(=O)C1COCCN1. The topological polar surface area (TPSA) is 76.7 Å². The van der Waals surface area contributed by atoms with Crippen LogP contribution in [0.3, 0.4) is 0 Å². The molecule has 98 valence electrons. The number of carbonyl (C=O) groups excluding carboxylic acids is 2. The quantitative estimate of drug-likeness (QED) is 0.625. The summed E-state index contributed by atoms with van der Waals surface area (Å²) in [5.41, 5.74) is 0. The molecule has 0 aromatic rings.